The fourth-order valence-electron chi connectivity index (χ4n) is 4.14. The minimum Gasteiger partial charge on any atom is -0.453 e. The third-order valence-corrected chi connectivity index (χ3v) is 6.43. The molecule has 0 aliphatic rings. The number of hydrogen-bond donors (Lipinski definition) is 4. The molecule has 40 heavy (non-hydrogen) atoms. The van der Waals surface area contributed by atoms with Gasteiger partial charge in [0, 0.05) is 32.4 Å². The Hall–Kier alpha value is -3.76. The van der Waals surface area contributed by atoms with Crippen molar-refractivity contribution in [1.82, 2.24) is 26.1 Å². The normalized spacial score (nSPS) is 14.2. The van der Waals surface area contributed by atoms with Gasteiger partial charge in [-0.2, -0.15) is 0 Å². The van der Waals surface area contributed by atoms with Gasteiger partial charge in [-0.15, -0.1) is 0 Å². The molecule has 1 heterocycles. The summed E-state index contributed by atoms with van der Waals surface area (Å²) in [5.41, 5.74) is 5.98. The van der Waals surface area contributed by atoms with Crippen LogP contribution in [-0.4, -0.2) is 71.4 Å². The van der Waals surface area contributed by atoms with E-state index >= 15 is 0 Å². The van der Waals surface area contributed by atoms with Gasteiger partial charge >= 0.3 is 6.09 Å². The molecule has 3 atom stereocenters. The molecule has 2 rings (SSSR count). The number of carbonyl (C=O) groups excluding carboxylic acids is 3. The number of benzene rings is 1. The van der Waals surface area contributed by atoms with Crippen molar-refractivity contribution in [3.05, 3.63) is 66.0 Å². The topological polar surface area (TPSA) is 133 Å². The van der Waals surface area contributed by atoms with E-state index in [-0.39, 0.29) is 12.5 Å². The van der Waals surface area contributed by atoms with Gasteiger partial charge in [0.2, 0.25) is 11.8 Å². The van der Waals surface area contributed by atoms with Crippen molar-refractivity contribution < 1.29 is 24.2 Å². The predicted molar refractivity (Wildman–Crippen MR) is 155 cm³/mol. The zero-order valence-corrected chi connectivity index (χ0v) is 24.5. The molecule has 0 aliphatic heterocycles. The Morgan fingerprint density at radius 3 is 2.27 bits per heavy atom. The van der Waals surface area contributed by atoms with E-state index in [4.69, 9.17) is 4.74 Å². The van der Waals surface area contributed by atoms with Crippen LogP contribution in [0, 0.1) is 5.41 Å². The van der Waals surface area contributed by atoms with Gasteiger partial charge in [0.05, 0.1) is 19.3 Å². The number of amides is 3. The summed E-state index contributed by atoms with van der Waals surface area (Å²) in [5.74, 6) is -0.720. The molecule has 0 aliphatic carbocycles. The highest BCUT2D eigenvalue weighted by atomic mass is 16.5. The van der Waals surface area contributed by atoms with Gasteiger partial charge in [-0.05, 0) is 48.4 Å². The predicted octanol–water partition coefficient (Wildman–Crippen LogP) is 3.23. The lowest BCUT2D eigenvalue weighted by atomic mass is 9.85. The second-order valence-electron chi connectivity index (χ2n) is 10.9. The second-order valence-corrected chi connectivity index (χ2v) is 10.9. The number of allylic oxidation sites excluding steroid dienone is 1. The Bertz CT molecular complexity index is 1150. The number of ether oxygens (including phenoxy) is 1. The number of hydrazine groups is 1. The van der Waals surface area contributed by atoms with Crippen LogP contribution in [0.5, 0.6) is 0 Å². The van der Waals surface area contributed by atoms with Crippen LogP contribution in [0.2, 0.25) is 0 Å². The lowest BCUT2D eigenvalue weighted by Gasteiger charge is -2.34. The lowest BCUT2D eigenvalue weighted by molar-refractivity contribution is -0.128. The molecule has 3 unspecified atom stereocenters. The van der Waals surface area contributed by atoms with Crippen LogP contribution in [0.15, 0.2) is 60.4 Å². The highest BCUT2D eigenvalue weighted by molar-refractivity contribution is 5.86. The average molecular weight is 554 g/mol. The van der Waals surface area contributed by atoms with Crippen LogP contribution in [0.4, 0.5) is 4.79 Å². The van der Waals surface area contributed by atoms with Gasteiger partial charge in [0.15, 0.2) is 0 Å². The van der Waals surface area contributed by atoms with E-state index < -0.39 is 35.6 Å². The zero-order valence-electron chi connectivity index (χ0n) is 24.5. The molecule has 218 valence electrons. The number of alkyl carbamates (subject to hydrolysis) is 1. The molecule has 0 fully saturated rings. The number of nitrogens with zero attached hydrogens (tertiary/aromatic N) is 2. The first-order valence-electron chi connectivity index (χ1n) is 13.3. The van der Waals surface area contributed by atoms with E-state index in [1.807, 2.05) is 77.1 Å². The summed E-state index contributed by atoms with van der Waals surface area (Å²) in [6.07, 6.45) is 3.96. The van der Waals surface area contributed by atoms with Crippen molar-refractivity contribution in [3.63, 3.8) is 0 Å². The monoisotopic (exact) mass is 553 g/mol. The fourth-order valence-corrected chi connectivity index (χ4v) is 4.14. The molecular formula is C30H43N5O5. The molecule has 2 aromatic rings. The van der Waals surface area contributed by atoms with E-state index in [0.29, 0.717) is 13.0 Å². The molecule has 0 saturated carbocycles. The lowest BCUT2D eigenvalue weighted by Crippen LogP contribution is -2.59. The molecule has 1 aromatic carbocycles. The van der Waals surface area contributed by atoms with Crippen molar-refractivity contribution in [2.45, 2.75) is 66.2 Å². The minimum atomic E-state index is -1.06. The zero-order chi connectivity index (χ0) is 29.9. The number of aromatic nitrogens is 1. The third-order valence-electron chi connectivity index (χ3n) is 6.43. The van der Waals surface area contributed by atoms with Gasteiger partial charge in [0.1, 0.15) is 6.04 Å². The van der Waals surface area contributed by atoms with Crippen LogP contribution in [0.25, 0.3) is 11.1 Å². The maximum absolute atomic E-state index is 13.5. The molecular weight excluding hydrogens is 510 g/mol. The maximum Gasteiger partial charge on any atom is 0.407 e. The van der Waals surface area contributed by atoms with Crippen LogP contribution in [0.1, 0.15) is 47.1 Å². The van der Waals surface area contributed by atoms with Crippen molar-refractivity contribution >= 4 is 17.9 Å². The molecule has 1 aromatic heterocycles. The fraction of sp³-hybridized carbons (Fsp3) is 0.467. The van der Waals surface area contributed by atoms with Crippen LogP contribution in [-0.2, 0) is 20.7 Å². The van der Waals surface area contributed by atoms with Crippen LogP contribution < -0.4 is 16.1 Å². The van der Waals surface area contributed by atoms with Crippen molar-refractivity contribution in [2.24, 2.45) is 5.41 Å². The highest BCUT2D eigenvalue weighted by Gasteiger charge is 2.35. The first kappa shape index (κ1) is 32.5. The third kappa shape index (κ3) is 10.4. The summed E-state index contributed by atoms with van der Waals surface area (Å²) >= 11 is 0. The van der Waals surface area contributed by atoms with E-state index in [1.165, 1.54) is 14.0 Å². The molecule has 10 heteroatoms. The van der Waals surface area contributed by atoms with E-state index in [9.17, 15) is 19.5 Å². The molecule has 4 N–H and O–H groups in total. The molecule has 3 amide bonds. The standard InChI is InChI=1S/C30H43N5O5/c1-8-20(2)18-35(34-21(3)36)19-26(37)25(32-28(38)27(30(4,5)6)33-29(39)40-7)16-22-11-13-23(14-12-22)24-10-9-15-31-17-24/h8-15,17,25-27,37H,16,18-19H2,1-7H3,(H,32,38)(H,33,39)(H,34,36)/b20-8+. The first-order chi connectivity index (χ1) is 18.8. The van der Waals surface area contributed by atoms with E-state index in [2.05, 4.69) is 21.0 Å². The summed E-state index contributed by atoms with van der Waals surface area (Å²) < 4.78 is 4.72. The summed E-state index contributed by atoms with van der Waals surface area (Å²) in [4.78, 5) is 41.5. The Kier molecular flexibility index (Phi) is 12.3. The average Bonchev–Trinajstić information content (AvgIpc) is 2.90. The highest BCUT2D eigenvalue weighted by Crippen LogP contribution is 2.22. The van der Waals surface area contributed by atoms with Crippen molar-refractivity contribution in [2.75, 3.05) is 20.2 Å². The second kappa shape index (κ2) is 15.1. The van der Waals surface area contributed by atoms with Crippen LogP contribution in [0.3, 0.4) is 0 Å². The summed E-state index contributed by atoms with van der Waals surface area (Å²) in [7, 11) is 1.23. The van der Waals surface area contributed by atoms with Gasteiger partial charge in [-0.3, -0.25) is 20.0 Å². The molecule has 0 radical (unpaired) electrons. The Morgan fingerprint density at radius 1 is 1.07 bits per heavy atom. The van der Waals surface area contributed by atoms with Crippen LogP contribution >= 0.6 is 0 Å². The van der Waals surface area contributed by atoms with E-state index in [1.54, 1.807) is 17.4 Å². The maximum atomic E-state index is 13.5. The number of aliphatic hydroxyl groups excluding tert-OH is 1. The molecule has 0 saturated heterocycles. The summed E-state index contributed by atoms with van der Waals surface area (Å²) in [6.45, 7) is 11.2. The van der Waals surface area contributed by atoms with Gasteiger partial charge in [-0.1, -0.05) is 62.8 Å². The number of nitrogens with one attached hydrogen (secondary N) is 3. The smallest absolute Gasteiger partial charge is 0.407 e. The largest absolute Gasteiger partial charge is 0.453 e. The Morgan fingerprint density at radius 2 is 1.75 bits per heavy atom. The summed E-state index contributed by atoms with van der Waals surface area (Å²) in [5, 5.41) is 18.6. The number of hydrogen-bond acceptors (Lipinski definition) is 7. The number of rotatable bonds is 12. The Labute approximate surface area is 237 Å². The first-order valence-corrected chi connectivity index (χ1v) is 13.3. The quantitative estimate of drug-likeness (QED) is 0.234. The van der Waals surface area contributed by atoms with Crippen molar-refractivity contribution in [3.8, 4) is 11.1 Å². The summed E-state index contributed by atoms with van der Waals surface area (Å²) in [6, 6.07) is 10.0. The molecule has 0 spiro atoms. The molecule has 0 bridgehead atoms. The van der Waals surface area contributed by atoms with Gasteiger partial charge in [0.25, 0.3) is 0 Å². The number of aliphatic hydroxyl groups is 1. The Balaban J connectivity index is 2.34. The number of carbonyl (C=O) groups is 3. The minimum absolute atomic E-state index is 0.0636. The number of pyridine rings is 1. The SMILES string of the molecule is C/C=C(\C)CN(CC(O)C(Cc1ccc(-c2cccnc2)cc1)NC(=O)C(NC(=O)OC)C(C)(C)C)NC(C)=O. The van der Waals surface area contributed by atoms with Crippen molar-refractivity contribution in [1.29, 1.82) is 0 Å². The molecule has 10 nitrogen and oxygen atoms in total. The van der Waals surface area contributed by atoms with Gasteiger partial charge in [-0.25, -0.2) is 9.80 Å². The van der Waals surface area contributed by atoms with Gasteiger partial charge < -0.3 is 20.5 Å². The van der Waals surface area contributed by atoms with E-state index in [0.717, 1.165) is 22.3 Å². The number of methoxy groups -OCH3 is 1.